The number of thioether (sulfide) groups is 1. The smallest absolute Gasteiger partial charge is 0.263 e. The van der Waals surface area contributed by atoms with Crippen LogP contribution in [0, 0.1) is 5.92 Å². The number of allylic oxidation sites excluding steroid dienone is 1. The minimum absolute atomic E-state index is 0.0358. The highest BCUT2D eigenvalue weighted by Crippen LogP contribution is 2.36. The first-order valence-corrected chi connectivity index (χ1v) is 12.9. The Morgan fingerprint density at radius 1 is 1.38 bits per heavy atom. The SMILES string of the molecule is C=CCn1c(SCC[S@@](=O)c2ccccc2)nc2sc3c(c2c1=O)CC[C@@H](C)C3. The molecule has 0 aliphatic heterocycles. The number of fused-ring (bicyclic) bond motifs is 3. The average Bonchev–Trinajstić information content (AvgIpc) is 3.08. The second-order valence-corrected chi connectivity index (χ2v) is 11.1. The lowest BCUT2D eigenvalue weighted by Crippen LogP contribution is -2.23. The lowest BCUT2D eigenvalue weighted by atomic mass is 9.89. The Kier molecular flexibility index (Phi) is 6.37. The molecule has 2 aromatic heterocycles. The fourth-order valence-corrected chi connectivity index (χ4v) is 7.42. The molecule has 7 heteroatoms. The van der Waals surface area contributed by atoms with Crippen molar-refractivity contribution in [2.75, 3.05) is 11.5 Å². The second kappa shape index (κ2) is 8.98. The summed E-state index contributed by atoms with van der Waals surface area (Å²) >= 11 is 3.17. The standard InChI is InChI=1S/C22H24N2O2S3/c1-3-11-24-21(25)19-17-10-9-15(2)14-18(17)28-20(19)23-22(24)27-12-13-29(26)16-7-5-4-6-8-16/h3-8,15H,1,9-14H2,2H3/t15-,29-/m1/s1. The van der Waals surface area contributed by atoms with Gasteiger partial charge < -0.3 is 0 Å². The van der Waals surface area contributed by atoms with E-state index in [4.69, 9.17) is 4.98 Å². The van der Waals surface area contributed by atoms with Crippen molar-refractivity contribution in [3.05, 3.63) is 63.8 Å². The van der Waals surface area contributed by atoms with Gasteiger partial charge in [-0.05, 0) is 42.9 Å². The van der Waals surface area contributed by atoms with Crippen molar-refractivity contribution in [3.8, 4) is 0 Å². The molecule has 29 heavy (non-hydrogen) atoms. The monoisotopic (exact) mass is 444 g/mol. The number of rotatable bonds is 7. The Labute approximate surface area is 181 Å². The molecule has 0 saturated heterocycles. The van der Waals surface area contributed by atoms with Crippen molar-refractivity contribution in [2.24, 2.45) is 5.92 Å². The van der Waals surface area contributed by atoms with Crippen LogP contribution in [0.3, 0.4) is 0 Å². The molecule has 0 spiro atoms. The fourth-order valence-electron chi connectivity index (χ4n) is 3.70. The molecule has 2 atom stereocenters. The van der Waals surface area contributed by atoms with Gasteiger partial charge in [0, 0.05) is 27.8 Å². The number of aromatic nitrogens is 2. The lowest BCUT2D eigenvalue weighted by molar-refractivity contribution is 0.509. The number of benzene rings is 1. The molecule has 0 unspecified atom stereocenters. The highest BCUT2D eigenvalue weighted by molar-refractivity contribution is 8.00. The van der Waals surface area contributed by atoms with Gasteiger partial charge in [0.15, 0.2) is 5.16 Å². The molecule has 0 bridgehead atoms. The van der Waals surface area contributed by atoms with Crippen LogP contribution in [0.5, 0.6) is 0 Å². The summed E-state index contributed by atoms with van der Waals surface area (Å²) in [7, 11) is -1.05. The molecule has 1 aliphatic rings. The van der Waals surface area contributed by atoms with Gasteiger partial charge in [-0.1, -0.05) is 43.0 Å². The summed E-state index contributed by atoms with van der Waals surface area (Å²) in [6.07, 6.45) is 4.86. The maximum absolute atomic E-state index is 13.3. The van der Waals surface area contributed by atoms with Crippen molar-refractivity contribution in [2.45, 2.75) is 42.8 Å². The second-order valence-electron chi connectivity index (χ2n) is 7.34. The normalized spacial score (nSPS) is 17.2. The van der Waals surface area contributed by atoms with E-state index in [1.54, 1.807) is 22.0 Å². The summed E-state index contributed by atoms with van der Waals surface area (Å²) in [4.78, 5) is 21.1. The summed E-state index contributed by atoms with van der Waals surface area (Å²) in [6, 6.07) is 9.49. The highest BCUT2D eigenvalue weighted by Gasteiger charge is 2.24. The average molecular weight is 445 g/mol. The molecule has 0 N–H and O–H groups in total. The largest absolute Gasteiger partial charge is 0.283 e. The van der Waals surface area contributed by atoms with Gasteiger partial charge >= 0.3 is 0 Å². The third kappa shape index (κ3) is 4.27. The number of nitrogens with zero attached hydrogens (tertiary/aromatic N) is 2. The zero-order valence-electron chi connectivity index (χ0n) is 16.4. The van der Waals surface area contributed by atoms with Crippen molar-refractivity contribution in [1.29, 1.82) is 0 Å². The Hall–Kier alpha value is -1.70. The predicted molar refractivity (Wildman–Crippen MR) is 124 cm³/mol. The third-order valence-electron chi connectivity index (χ3n) is 5.20. The van der Waals surface area contributed by atoms with E-state index >= 15 is 0 Å². The van der Waals surface area contributed by atoms with Crippen LogP contribution in [-0.2, 0) is 30.2 Å². The van der Waals surface area contributed by atoms with Crippen LogP contribution in [0.25, 0.3) is 10.2 Å². The van der Waals surface area contributed by atoms with Gasteiger partial charge in [-0.2, -0.15) is 0 Å². The van der Waals surface area contributed by atoms with Crippen molar-refractivity contribution in [1.82, 2.24) is 9.55 Å². The van der Waals surface area contributed by atoms with Gasteiger partial charge in [-0.15, -0.1) is 17.9 Å². The maximum atomic E-state index is 13.3. The number of hydrogen-bond donors (Lipinski definition) is 0. The van der Waals surface area contributed by atoms with E-state index < -0.39 is 10.8 Å². The quantitative estimate of drug-likeness (QED) is 0.302. The Morgan fingerprint density at radius 2 is 2.17 bits per heavy atom. The van der Waals surface area contributed by atoms with E-state index in [9.17, 15) is 9.00 Å². The molecule has 0 fully saturated rings. The molecular formula is C22H24N2O2S3. The van der Waals surface area contributed by atoms with Gasteiger partial charge in [0.2, 0.25) is 0 Å². The third-order valence-corrected chi connectivity index (χ3v) is 8.96. The maximum Gasteiger partial charge on any atom is 0.263 e. The number of thiophene rings is 1. The van der Waals surface area contributed by atoms with Crippen LogP contribution in [0.4, 0.5) is 0 Å². The van der Waals surface area contributed by atoms with E-state index in [1.807, 2.05) is 30.3 Å². The van der Waals surface area contributed by atoms with Crippen LogP contribution in [0.2, 0.25) is 0 Å². The van der Waals surface area contributed by atoms with E-state index in [2.05, 4.69) is 13.5 Å². The molecule has 0 amide bonds. The molecule has 1 aromatic carbocycles. The summed E-state index contributed by atoms with van der Waals surface area (Å²) in [5.41, 5.74) is 1.24. The van der Waals surface area contributed by atoms with Crippen LogP contribution >= 0.6 is 23.1 Å². The Morgan fingerprint density at radius 3 is 2.93 bits per heavy atom. The molecule has 2 heterocycles. The first-order valence-electron chi connectivity index (χ1n) is 9.80. The molecule has 0 saturated carbocycles. The molecular weight excluding hydrogens is 420 g/mol. The first kappa shape index (κ1) is 20.6. The van der Waals surface area contributed by atoms with Gasteiger partial charge in [0.05, 0.1) is 16.2 Å². The van der Waals surface area contributed by atoms with Crippen LogP contribution in [0.15, 0.2) is 57.8 Å². The van der Waals surface area contributed by atoms with E-state index in [1.165, 1.54) is 22.2 Å². The minimum atomic E-state index is -1.05. The number of aryl methyl sites for hydroxylation is 1. The van der Waals surface area contributed by atoms with E-state index in [0.29, 0.717) is 29.1 Å². The zero-order valence-corrected chi connectivity index (χ0v) is 18.9. The van der Waals surface area contributed by atoms with E-state index in [-0.39, 0.29) is 5.56 Å². The van der Waals surface area contributed by atoms with Crippen LogP contribution in [-0.4, -0.2) is 25.3 Å². The first-order chi connectivity index (χ1) is 14.1. The number of hydrogen-bond acceptors (Lipinski definition) is 5. The lowest BCUT2D eigenvalue weighted by Gasteiger charge is -2.17. The Balaban J connectivity index is 1.61. The minimum Gasteiger partial charge on any atom is -0.283 e. The molecule has 3 aromatic rings. The zero-order chi connectivity index (χ0) is 20.4. The van der Waals surface area contributed by atoms with E-state index in [0.717, 1.165) is 34.4 Å². The van der Waals surface area contributed by atoms with Gasteiger partial charge in [0.25, 0.3) is 5.56 Å². The summed E-state index contributed by atoms with van der Waals surface area (Å²) in [5.74, 6) is 1.82. The van der Waals surface area contributed by atoms with Gasteiger partial charge in [0.1, 0.15) is 4.83 Å². The Bertz CT molecular complexity index is 1120. The topological polar surface area (TPSA) is 52.0 Å². The summed E-state index contributed by atoms with van der Waals surface area (Å²) in [5, 5.41) is 1.50. The summed E-state index contributed by atoms with van der Waals surface area (Å²) < 4.78 is 14.2. The fraction of sp³-hybridized carbons (Fsp3) is 0.364. The molecule has 4 rings (SSSR count). The molecule has 1 aliphatic carbocycles. The van der Waals surface area contributed by atoms with Crippen molar-refractivity contribution in [3.63, 3.8) is 0 Å². The van der Waals surface area contributed by atoms with Gasteiger partial charge in [-0.25, -0.2) is 4.98 Å². The molecule has 4 nitrogen and oxygen atoms in total. The predicted octanol–water partition coefficient (Wildman–Crippen LogP) is 4.67. The van der Waals surface area contributed by atoms with Crippen molar-refractivity contribution >= 4 is 44.1 Å². The van der Waals surface area contributed by atoms with Crippen molar-refractivity contribution < 1.29 is 4.21 Å². The highest BCUT2D eigenvalue weighted by atomic mass is 32.2. The van der Waals surface area contributed by atoms with Crippen LogP contribution < -0.4 is 5.56 Å². The van der Waals surface area contributed by atoms with Gasteiger partial charge in [-0.3, -0.25) is 13.6 Å². The molecule has 0 radical (unpaired) electrons. The summed E-state index contributed by atoms with van der Waals surface area (Å²) in [6.45, 7) is 6.51. The molecule has 152 valence electrons. The van der Waals surface area contributed by atoms with Crippen LogP contribution in [0.1, 0.15) is 23.8 Å².